The third-order valence-electron chi connectivity index (χ3n) is 4.31. The van der Waals surface area contributed by atoms with E-state index in [1.54, 1.807) is 24.3 Å². The highest BCUT2D eigenvalue weighted by Gasteiger charge is 2.18. The molecule has 0 saturated heterocycles. The average Bonchev–Trinajstić information content (AvgIpc) is 2.67. The minimum atomic E-state index is -3.85. The second-order valence-corrected chi connectivity index (χ2v) is 9.84. The predicted octanol–water partition coefficient (Wildman–Crippen LogP) is 3.21. The fourth-order valence-corrected chi connectivity index (χ4v) is 4.35. The quantitative estimate of drug-likeness (QED) is 0.493. The molecule has 9 heteroatoms. The van der Waals surface area contributed by atoms with E-state index in [0.29, 0.717) is 0 Å². The van der Waals surface area contributed by atoms with Crippen LogP contribution >= 0.6 is 0 Å². The Labute approximate surface area is 172 Å². The molecular formula is C20H26O7S2. The molecule has 0 fully saturated rings. The van der Waals surface area contributed by atoms with Crippen molar-refractivity contribution in [2.24, 2.45) is 0 Å². The summed E-state index contributed by atoms with van der Waals surface area (Å²) in [5.74, 6) is 0. The summed E-state index contributed by atoms with van der Waals surface area (Å²) >= 11 is 0. The van der Waals surface area contributed by atoms with Gasteiger partial charge in [-0.25, -0.2) is 0 Å². The third kappa shape index (κ3) is 7.20. The zero-order valence-electron chi connectivity index (χ0n) is 16.7. The molecule has 0 N–H and O–H groups in total. The van der Waals surface area contributed by atoms with Crippen molar-refractivity contribution in [2.45, 2.75) is 42.6 Å². The van der Waals surface area contributed by atoms with Gasteiger partial charge in [0, 0.05) is 7.11 Å². The number of methoxy groups -OCH3 is 1. The molecule has 0 radical (unpaired) electrons. The monoisotopic (exact) mass is 442 g/mol. The van der Waals surface area contributed by atoms with Gasteiger partial charge >= 0.3 is 0 Å². The molecule has 0 aliphatic heterocycles. The Morgan fingerprint density at radius 1 is 0.690 bits per heavy atom. The summed E-state index contributed by atoms with van der Waals surface area (Å²) in [6.45, 7) is 3.56. The summed E-state index contributed by atoms with van der Waals surface area (Å²) in [4.78, 5) is 0.175. The molecule has 2 aromatic carbocycles. The fraction of sp³-hybridized carbons (Fsp3) is 0.400. The van der Waals surface area contributed by atoms with Gasteiger partial charge in [0.25, 0.3) is 20.2 Å². The van der Waals surface area contributed by atoms with Crippen LogP contribution in [0.3, 0.4) is 0 Å². The topological polar surface area (TPSA) is 96.0 Å². The molecule has 0 saturated carbocycles. The molecule has 29 heavy (non-hydrogen) atoms. The van der Waals surface area contributed by atoms with Crippen LogP contribution in [0.5, 0.6) is 0 Å². The Morgan fingerprint density at radius 3 is 1.34 bits per heavy atom. The lowest BCUT2D eigenvalue weighted by Gasteiger charge is -2.15. The third-order valence-corrected chi connectivity index (χ3v) is 6.96. The van der Waals surface area contributed by atoms with Crippen molar-refractivity contribution >= 4 is 20.2 Å². The zero-order chi connectivity index (χ0) is 21.5. The fourth-order valence-electron chi connectivity index (χ4n) is 2.50. The second-order valence-electron chi connectivity index (χ2n) is 6.61. The van der Waals surface area contributed by atoms with Gasteiger partial charge in [-0.1, -0.05) is 35.4 Å². The van der Waals surface area contributed by atoms with Gasteiger partial charge in [-0.2, -0.15) is 16.8 Å². The molecule has 2 aromatic rings. The van der Waals surface area contributed by atoms with E-state index in [9.17, 15) is 16.8 Å². The van der Waals surface area contributed by atoms with Crippen molar-refractivity contribution in [1.82, 2.24) is 0 Å². The Balaban J connectivity index is 1.81. The average molecular weight is 443 g/mol. The molecule has 2 rings (SSSR count). The maximum absolute atomic E-state index is 12.2. The Kier molecular flexibility index (Phi) is 8.35. The first-order chi connectivity index (χ1) is 13.6. The summed E-state index contributed by atoms with van der Waals surface area (Å²) in [6, 6.07) is 12.7. The molecule has 0 atom stereocenters. The van der Waals surface area contributed by atoms with Crippen LogP contribution in [0.15, 0.2) is 58.3 Å². The minimum Gasteiger partial charge on any atom is -0.381 e. The van der Waals surface area contributed by atoms with Crippen LogP contribution in [0.4, 0.5) is 0 Å². The van der Waals surface area contributed by atoms with Gasteiger partial charge in [0.05, 0.1) is 29.1 Å². The summed E-state index contributed by atoms with van der Waals surface area (Å²) in [5.41, 5.74) is 1.90. The van der Waals surface area contributed by atoms with Crippen LogP contribution < -0.4 is 0 Å². The molecule has 0 bridgehead atoms. The Bertz CT molecular complexity index is 899. The summed E-state index contributed by atoms with van der Waals surface area (Å²) in [7, 11) is -6.23. The lowest BCUT2D eigenvalue weighted by Crippen LogP contribution is -2.19. The van der Waals surface area contributed by atoms with Gasteiger partial charge in [0.15, 0.2) is 0 Å². The number of hydrogen-bond acceptors (Lipinski definition) is 7. The number of ether oxygens (including phenoxy) is 1. The largest absolute Gasteiger partial charge is 0.381 e. The normalized spacial score (nSPS) is 12.4. The van der Waals surface area contributed by atoms with E-state index < -0.39 is 26.3 Å². The van der Waals surface area contributed by atoms with Crippen molar-refractivity contribution < 1.29 is 29.9 Å². The highest BCUT2D eigenvalue weighted by atomic mass is 32.2. The van der Waals surface area contributed by atoms with E-state index in [1.807, 2.05) is 13.8 Å². The predicted molar refractivity (Wildman–Crippen MR) is 109 cm³/mol. The van der Waals surface area contributed by atoms with Crippen molar-refractivity contribution in [3.8, 4) is 0 Å². The van der Waals surface area contributed by atoms with Crippen LogP contribution in [0.2, 0.25) is 0 Å². The molecule has 0 unspecified atom stereocenters. The SMILES string of the molecule is COC(CCOS(=O)(=O)c1ccc(C)cc1)CCOS(=O)(=O)c1ccc(C)cc1. The van der Waals surface area contributed by atoms with Gasteiger partial charge in [-0.3, -0.25) is 8.37 Å². The number of rotatable bonds is 11. The van der Waals surface area contributed by atoms with Gasteiger partial charge in [0.2, 0.25) is 0 Å². The molecule has 0 amide bonds. The second kappa shape index (κ2) is 10.3. The van der Waals surface area contributed by atoms with E-state index in [2.05, 4.69) is 0 Å². The lowest BCUT2D eigenvalue weighted by molar-refractivity contribution is 0.0644. The highest BCUT2D eigenvalue weighted by molar-refractivity contribution is 7.87. The standard InChI is InChI=1S/C20H26O7S2/c1-16-4-8-19(9-5-16)28(21,22)26-14-12-18(25-3)13-15-27-29(23,24)20-10-6-17(2)7-11-20/h4-11,18H,12-15H2,1-3H3. The van der Waals surface area contributed by atoms with Crippen LogP contribution in [0.1, 0.15) is 24.0 Å². The van der Waals surface area contributed by atoms with Crippen LogP contribution in [-0.4, -0.2) is 43.3 Å². The molecule has 0 aliphatic carbocycles. The smallest absolute Gasteiger partial charge is 0.296 e. The van der Waals surface area contributed by atoms with Crippen molar-refractivity contribution in [3.05, 3.63) is 59.7 Å². The van der Waals surface area contributed by atoms with E-state index >= 15 is 0 Å². The van der Waals surface area contributed by atoms with Crippen molar-refractivity contribution in [3.63, 3.8) is 0 Å². The first-order valence-electron chi connectivity index (χ1n) is 9.09. The van der Waals surface area contributed by atoms with Crippen molar-refractivity contribution in [1.29, 1.82) is 0 Å². The molecule has 0 heterocycles. The summed E-state index contributed by atoms with van der Waals surface area (Å²) in [5, 5.41) is 0. The van der Waals surface area contributed by atoms with Gasteiger partial charge in [-0.15, -0.1) is 0 Å². The van der Waals surface area contributed by atoms with E-state index in [0.717, 1.165) is 11.1 Å². The maximum atomic E-state index is 12.2. The highest BCUT2D eigenvalue weighted by Crippen LogP contribution is 2.16. The van der Waals surface area contributed by atoms with Gasteiger partial charge in [0.1, 0.15) is 0 Å². The number of benzene rings is 2. The van der Waals surface area contributed by atoms with E-state index in [4.69, 9.17) is 13.1 Å². The zero-order valence-corrected chi connectivity index (χ0v) is 18.3. The van der Waals surface area contributed by atoms with Crippen LogP contribution in [0, 0.1) is 13.8 Å². The lowest BCUT2D eigenvalue weighted by atomic mass is 10.2. The molecule has 7 nitrogen and oxygen atoms in total. The molecule has 0 aliphatic rings. The van der Waals surface area contributed by atoms with E-state index in [-0.39, 0.29) is 35.8 Å². The molecule has 160 valence electrons. The Hall–Kier alpha value is -1.78. The minimum absolute atomic E-state index is 0.0839. The first-order valence-corrected chi connectivity index (χ1v) is 11.9. The molecular weight excluding hydrogens is 416 g/mol. The summed E-state index contributed by atoms with van der Waals surface area (Å²) < 4.78 is 64.1. The summed E-state index contributed by atoms with van der Waals surface area (Å²) in [6.07, 6.45) is 0.141. The molecule has 0 spiro atoms. The van der Waals surface area contributed by atoms with Crippen LogP contribution in [-0.2, 0) is 33.3 Å². The van der Waals surface area contributed by atoms with Gasteiger partial charge in [-0.05, 0) is 51.0 Å². The van der Waals surface area contributed by atoms with Crippen molar-refractivity contribution in [2.75, 3.05) is 20.3 Å². The van der Waals surface area contributed by atoms with E-state index in [1.165, 1.54) is 31.4 Å². The van der Waals surface area contributed by atoms with Crippen LogP contribution in [0.25, 0.3) is 0 Å². The number of hydrogen-bond donors (Lipinski definition) is 0. The van der Waals surface area contributed by atoms with Gasteiger partial charge < -0.3 is 4.74 Å². The number of aryl methyl sites for hydroxylation is 2. The maximum Gasteiger partial charge on any atom is 0.296 e. The first kappa shape index (κ1) is 23.5. The Morgan fingerprint density at radius 2 is 1.03 bits per heavy atom. The molecule has 0 aromatic heterocycles.